The first kappa shape index (κ1) is 12.0. The van der Waals surface area contributed by atoms with Crippen molar-refractivity contribution in [3.05, 3.63) is 29.8 Å². The van der Waals surface area contributed by atoms with E-state index in [1.165, 1.54) is 12.1 Å². The van der Waals surface area contributed by atoms with Crippen molar-refractivity contribution >= 4 is 11.0 Å². The van der Waals surface area contributed by atoms with Crippen molar-refractivity contribution < 1.29 is 4.39 Å². The van der Waals surface area contributed by atoms with Crippen LogP contribution in [0.4, 0.5) is 4.39 Å². The summed E-state index contributed by atoms with van der Waals surface area (Å²) in [6, 6.07) is 4.95. The largest absolute Gasteiger partial charge is 0.327 e. The van der Waals surface area contributed by atoms with E-state index >= 15 is 0 Å². The Hall–Kier alpha value is -1.42. The molecule has 0 spiro atoms. The van der Waals surface area contributed by atoms with E-state index in [4.69, 9.17) is 0 Å². The Labute approximate surface area is 101 Å². The Morgan fingerprint density at radius 2 is 2.18 bits per heavy atom. The number of halogens is 1. The predicted octanol–water partition coefficient (Wildman–Crippen LogP) is 2.87. The molecule has 1 aromatic heterocycles. The van der Waals surface area contributed by atoms with E-state index in [-0.39, 0.29) is 11.9 Å². The first-order valence-corrected chi connectivity index (χ1v) is 6.06. The lowest BCUT2D eigenvalue weighted by molar-refractivity contribution is 0.538. The number of imidazole rings is 1. The second-order valence-electron chi connectivity index (χ2n) is 4.13. The van der Waals surface area contributed by atoms with Gasteiger partial charge in [-0.25, -0.2) is 9.37 Å². The number of hydrogen-bond acceptors (Lipinski definition) is 2. The third-order valence-electron chi connectivity index (χ3n) is 2.95. The van der Waals surface area contributed by atoms with Gasteiger partial charge in [0.25, 0.3) is 0 Å². The monoisotopic (exact) mass is 235 g/mol. The molecule has 1 atom stereocenters. The van der Waals surface area contributed by atoms with Crippen molar-refractivity contribution in [1.82, 2.24) is 14.9 Å². The Bertz CT molecular complexity index is 519. The molecule has 1 aromatic carbocycles. The lowest BCUT2D eigenvalue weighted by Crippen LogP contribution is -2.21. The summed E-state index contributed by atoms with van der Waals surface area (Å²) in [5.74, 6) is 0.732. The van der Waals surface area contributed by atoms with Crippen molar-refractivity contribution in [2.75, 3.05) is 6.54 Å². The van der Waals surface area contributed by atoms with Crippen LogP contribution in [0.5, 0.6) is 0 Å². The molecule has 0 aliphatic rings. The molecule has 2 rings (SSSR count). The van der Waals surface area contributed by atoms with Crippen LogP contribution in [0.2, 0.25) is 0 Å². The zero-order chi connectivity index (χ0) is 12.4. The van der Waals surface area contributed by atoms with Gasteiger partial charge in [0, 0.05) is 12.6 Å². The number of nitrogens with zero attached hydrogens (tertiary/aromatic N) is 2. The van der Waals surface area contributed by atoms with Gasteiger partial charge < -0.3 is 9.88 Å². The van der Waals surface area contributed by atoms with E-state index in [2.05, 4.69) is 35.6 Å². The molecule has 4 heteroatoms. The fraction of sp³-hybridized carbons (Fsp3) is 0.462. The number of fused-ring (bicyclic) bond motifs is 1. The van der Waals surface area contributed by atoms with Gasteiger partial charge in [-0.05, 0) is 32.5 Å². The summed E-state index contributed by atoms with van der Waals surface area (Å²) in [5, 5.41) is 3.33. The number of aromatic nitrogens is 2. The predicted molar refractivity (Wildman–Crippen MR) is 67.5 cm³/mol. The zero-order valence-corrected chi connectivity index (χ0v) is 10.5. The van der Waals surface area contributed by atoms with Crippen molar-refractivity contribution in [3.8, 4) is 0 Å². The van der Waals surface area contributed by atoms with Crippen LogP contribution >= 0.6 is 0 Å². The highest BCUT2D eigenvalue weighted by atomic mass is 19.1. The van der Waals surface area contributed by atoms with E-state index in [1.807, 2.05) is 0 Å². The molecule has 0 aliphatic carbocycles. The molecular weight excluding hydrogens is 217 g/mol. The number of benzene rings is 1. The molecule has 0 bridgehead atoms. The highest BCUT2D eigenvalue weighted by Crippen LogP contribution is 2.21. The number of rotatable bonds is 4. The molecule has 1 heterocycles. The summed E-state index contributed by atoms with van der Waals surface area (Å²) in [4.78, 5) is 4.52. The summed E-state index contributed by atoms with van der Waals surface area (Å²) >= 11 is 0. The standard InChI is InChI=1S/C13H18FN3/c1-4-15-9(3)13-16-11-8-10(14)6-7-12(11)17(13)5-2/h6-9,15H,4-5H2,1-3H3. The Kier molecular flexibility index (Phi) is 3.43. The first-order valence-electron chi connectivity index (χ1n) is 6.06. The van der Waals surface area contributed by atoms with Gasteiger partial charge in [0.05, 0.1) is 17.1 Å². The van der Waals surface area contributed by atoms with E-state index in [9.17, 15) is 4.39 Å². The quantitative estimate of drug-likeness (QED) is 0.883. The minimum absolute atomic E-state index is 0.176. The van der Waals surface area contributed by atoms with Crippen LogP contribution in [-0.4, -0.2) is 16.1 Å². The lowest BCUT2D eigenvalue weighted by Gasteiger charge is -2.13. The maximum absolute atomic E-state index is 13.2. The Morgan fingerprint density at radius 1 is 1.41 bits per heavy atom. The molecule has 0 amide bonds. The summed E-state index contributed by atoms with van der Waals surface area (Å²) in [6.07, 6.45) is 0. The number of hydrogen-bond donors (Lipinski definition) is 1. The third-order valence-corrected chi connectivity index (χ3v) is 2.95. The van der Waals surface area contributed by atoms with E-state index in [1.54, 1.807) is 6.07 Å². The van der Waals surface area contributed by atoms with Gasteiger partial charge in [-0.1, -0.05) is 6.92 Å². The van der Waals surface area contributed by atoms with E-state index < -0.39 is 0 Å². The molecule has 17 heavy (non-hydrogen) atoms. The van der Waals surface area contributed by atoms with Crippen LogP contribution in [-0.2, 0) is 6.54 Å². The third kappa shape index (κ3) is 2.17. The second kappa shape index (κ2) is 4.84. The average molecular weight is 235 g/mol. The molecule has 1 N–H and O–H groups in total. The van der Waals surface area contributed by atoms with Crippen LogP contribution in [0.25, 0.3) is 11.0 Å². The van der Waals surface area contributed by atoms with Crippen LogP contribution in [0.3, 0.4) is 0 Å². The Balaban J connectivity index is 2.55. The lowest BCUT2D eigenvalue weighted by atomic mass is 10.3. The second-order valence-corrected chi connectivity index (χ2v) is 4.13. The van der Waals surface area contributed by atoms with Crippen LogP contribution in [0.15, 0.2) is 18.2 Å². The summed E-state index contributed by atoms with van der Waals surface area (Å²) in [5.41, 5.74) is 1.72. The van der Waals surface area contributed by atoms with Gasteiger partial charge in [-0.3, -0.25) is 0 Å². The molecule has 0 fully saturated rings. The van der Waals surface area contributed by atoms with Crippen molar-refractivity contribution in [3.63, 3.8) is 0 Å². The molecule has 2 aromatic rings. The van der Waals surface area contributed by atoms with Crippen LogP contribution in [0.1, 0.15) is 32.6 Å². The highest BCUT2D eigenvalue weighted by molar-refractivity contribution is 5.76. The topological polar surface area (TPSA) is 29.9 Å². The summed E-state index contributed by atoms with van der Waals surface area (Å²) in [7, 11) is 0. The van der Waals surface area contributed by atoms with Crippen molar-refractivity contribution in [1.29, 1.82) is 0 Å². The first-order chi connectivity index (χ1) is 8.17. The molecule has 3 nitrogen and oxygen atoms in total. The maximum atomic E-state index is 13.2. The van der Waals surface area contributed by atoms with Gasteiger partial charge >= 0.3 is 0 Å². The number of nitrogens with one attached hydrogen (secondary N) is 1. The molecule has 0 saturated heterocycles. The van der Waals surface area contributed by atoms with Gasteiger partial charge in [0.1, 0.15) is 11.6 Å². The van der Waals surface area contributed by atoms with Gasteiger partial charge in [0.15, 0.2) is 0 Å². The van der Waals surface area contributed by atoms with Gasteiger partial charge in [0.2, 0.25) is 0 Å². The maximum Gasteiger partial charge on any atom is 0.126 e. The average Bonchev–Trinajstić information content (AvgIpc) is 2.66. The normalized spacial score (nSPS) is 13.2. The van der Waals surface area contributed by atoms with Gasteiger partial charge in [-0.15, -0.1) is 0 Å². The molecule has 0 aliphatic heterocycles. The zero-order valence-electron chi connectivity index (χ0n) is 10.5. The minimum atomic E-state index is -0.235. The van der Waals surface area contributed by atoms with Crippen LogP contribution in [0, 0.1) is 5.82 Å². The Morgan fingerprint density at radius 3 is 2.82 bits per heavy atom. The fourth-order valence-electron chi connectivity index (χ4n) is 2.18. The molecule has 92 valence electrons. The minimum Gasteiger partial charge on any atom is -0.327 e. The van der Waals surface area contributed by atoms with E-state index in [0.29, 0.717) is 0 Å². The fourth-order valence-corrected chi connectivity index (χ4v) is 2.18. The van der Waals surface area contributed by atoms with Crippen molar-refractivity contribution in [2.45, 2.75) is 33.4 Å². The summed E-state index contributed by atoms with van der Waals surface area (Å²) < 4.78 is 15.3. The van der Waals surface area contributed by atoms with Gasteiger partial charge in [-0.2, -0.15) is 0 Å². The molecule has 0 radical (unpaired) electrons. The number of aryl methyl sites for hydroxylation is 1. The molecular formula is C13H18FN3. The van der Waals surface area contributed by atoms with E-state index in [0.717, 1.165) is 29.9 Å². The SMILES string of the molecule is CCNC(C)c1nc2cc(F)ccc2n1CC. The summed E-state index contributed by atoms with van der Waals surface area (Å²) in [6.45, 7) is 7.95. The highest BCUT2D eigenvalue weighted by Gasteiger charge is 2.15. The molecule has 0 saturated carbocycles. The van der Waals surface area contributed by atoms with Crippen LogP contribution < -0.4 is 5.32 Å². The van der Waals surface area contributed by atoms with Crippen molar-refractivity contribution in [2.24, 2.45) is 0 Å². The molecule has 1 unspecified atom stereocenters. The smallest absolute Gasteiger partial charge is 0.126 e.